The van der Waals surface area contributed by atoms with Gasteiger partial charge in [0.1, 0.15) is 5.69 Å². The van der Waals surface area contributed by atoms with Crippen LogP contribution in [0, 0.1) is 19.7 Å². The van der Waals surface area contributed by atoms with Gasteiger partial charge in [-0.3, -0.25) is 4.79 Å². The van der Waals surface area contributed by atoms with E-state index in [0.29, 0.717) is 11.4 Å². The molecule has 2 aromatic rings. The van der Waals surface area contributed by atoms with E-state index >= 15 is 0 Å². The molecule has 26 heavy (non-hydrogen) atoms. The fourth-order valence-electron chi connectivity index (χ4n) is 2.58. The molecule has 8 heteroatoms. The maximum atomic E-state index is 14.4. The van der Waals surface area contributed by atoms with Gasteiger partial charge in [-0.2, -0.15) is 5.10 Å². The number of rotatable bonds is 6. The number of halogens is 1. The Morgan fingerprint density at radius 1 is 1.27 bits per heavy atom. The third-order valence-corrected chi connectivity index (χ3v) is 3.86. The molecule has 0 unspecified atom stereocenters. The third kappa shape index (κ3) is 5.05. The quantitative estimate of drug-likeness (QED) is 0.734. The predicted octanol–water partition coefficient (Wildman–Crippen LogP) is 3.39. The molecule has 1 aromatic heterocycles. The highest BCUT2D eigenvalue weighted by Gasteiger charge is 2.21. The first-order valence-electron chi connectivity index (χ1n) is 8.21. The van der Waals surface area contributed by atoms with Crippen LogP contribution in [-0.4, -0.2) is 32.4 Å². The molecular formula is C18H23FN4O3. The minimum atomic E-state index is -0.929. The monoisotopic (exact) mass is 362 g/mol. The average molecular weight is 362 g/mol. The molecule has 0 aliphatic carbocycles. The number of anilines is 1. The van der Waals surface area contributed by atoms with Crippen molar-refractivity contribution in [2.45, 2.75) is 46.1 Å². The standard InChI is InChI=1S/C18H23FN4O3/c1-11-9-12(2)23(22-11)15-6-5-13(10-14(15)19)20-17(26)21-18(3,4)8-7-16(24)25/h5-6,9-10H,7-8H2,1-4H3,(H,24,25)(H2,20,21,26). The molecule has 0 fully saturated rings. The van der Waals surface area contributed by atoms with Gasteiger partial charge in [-0.1, -0.05) is 0 Å². The summed E-state index contributed by atoms with van der Waals surface area (Å²) in [6.07, 6.45) is 0.222. The lowest BCUT2D eigenvalue weighted by atomic mass is 9.99. The number of hydrogen-bond donors (Lipinski definition) is 3. The van der Waals surface area contributed by atoms with Gasteiger partial charge in [0.15, 0.2) is 5.82 Å². The Labute approximate surface area is 151 Å². The Balaban J connectivity index is 2.06. The van der Waals surface area contributed by atoms with Crippen molar-refractivity contribution in [3.05, 3.63) is 41.5 Å². The number of aromatic nitrogens is 2. The van der Waals surface area contributed by atoms with E-state index in [4.69, 9.17) is 5.11 Å². The van der Waals surface area contributed by atoms with Crippen LogP contribution in [0.3, 0.4) is 0 Å². The highest BCUT2D eigenvalue weighted by atomic mass is 19.1. The number of amides is 2. The number of nitrogens with one attached hydrogen (secondary N) is 2. The summed E-state index contributed by atoms with van der Waals surface area (Å²) in [5, 5.41) is 18.2. The molecule has 2 amide bonds. The smallest absolute Gasteiger partial charge is 0.319 e. The molecule has 3 N–H and O–H groups in total. The Morgan fingerprint density at radius 3 is 2.50 bits per heavy atom. The Hall–Kier alpha value is -2.90. The van der Waals surface area contributed by atoms with Gasteiger partial charge in [-0.05, 0) is 58.4 Å². The molecule has 7 nitrogen and oxygen atoms in total. The van der Waals surface area contributed by atoms with E-state index in [9.17, 15) is 14.0 Å². The topological polar surface area (TPSA) is 96.2 Å². The van der Waals surface area contributed by atoms with Crippen LogP contribution < -0.4 is 10.6 Å². The Morgan fingerprint density at radius 2 is 1.96 bits per heavy atom. The fraction of sp³-hybridized carbons (Fsp3) is 0.389. The summed E-state index contributed by atoms with van der Waals surface area (Å²) < 4.78 is 15.9. The number of benzene rings is 1. The molecule has 1 aromatic carbocycles. The lowest BCUT2D eigenvalue weighted by Gasteiger charge is -2.25. The van der Waals surface area contributed by atoms with Crippen LogP contribution >= 0.6 is 0 Å². The Kier molecular flexibility index (Phi) is 5.64. The maximum Gasteiger partial charge on any atom is 0.319 e. The van der Waals surface area contributed by atoms with Gasteiger partial charge in [0.25, 0.3) is 0 Å². The van der Waals surface area contributed by atoms with Crippen LogP contribution in [0.15, 0.2) is 24.3 Å². The lowest BCUT2D eigenvalue weighted by molar-refractivity contribution is -0.137. The van der Waals surface area contributed by atoms with Crippen LogP contribution in [0.25, 0.3) is 5.69 Å². The van der Waals surface area contributed by atoms with E-state index in [1.807, 2.05) is 19.9 Å². The largest absolute Gasteiger partial charge is 0.481 e. The molecular weight excluding hydrogens is 339 g/mol. The molecule has 1 heterocycles. The summed E-state index contributed by atoms with van der Waals surface area (Å²) in [5.74, 6) is -1.44. The molecule has 140 valence electrons. The number of carbonyl (C=O) groups is 2. The summed E-state index contributed by atoms with van der Waals surface area (Å²) >= 11 is 0. The van der Waals surface area contributed by atoms with Gasteiger partial charge in [-0.25, -0.2) is 13.9 Å². The second-order valence-electron chi connectivity index (χ2n) is 6.86. The average Bonchev–Trinajstić information content (AvgIpc) is 2.83. The zero-order valence-electron chi connectivity index (χ0n) is 15.3. The van der Waals surface area contributed by atoms with Crippen LogP contribution in [0.4, 0.5) is 14.9 Å². The zero-order valence-corrected chi connectivity index (χ0v) is 15.3. The van der Waals surface area contributed by atoms with Crippen LogP contribution in [-0.2, 0) is 4.79 Å². The summed E-state index contributed by atoms with van der Waals surface area (Å²) in [6.45, 7) is 7.11. The number of carboxylic acid groups (broad SMARTS) is 1. The molecule has 0 atom stereocenters. The molecule has 0 radical (unpaired) electrons. The van der Waals surface area contributed by atoms with Gasteiger partial charge >= 0.3 is 12.0 Å². The van der Waals surface area contributed by atoms with Crippen molar-refractivity contribution < 1.29 is 19.1 Å². The van der Waals surface area contributed by atoms with Gasteiger partial charge in [-0.15, -0.1) is 0 Å². The third-order valence-electron chi connectivity index (χ3n) is 3.86. The fourth-order valence-corrected chi connectivity index (χ4v) is 2.58. The summed E-state index contributed by atoms with van der Waals surface area (Å²) in [7, 11) is 0. The first-order valence-corrected chi connectivity index (χ1v) is 8.21. The molecule has 0 saturated carbocycles. The zero-order chi connectivity index (χ0) is 19.5. The molecule has 0 spiro atoms. The number of aliphatic carboxylic acids is 1. The second-order valence-corrected chi connectivity index (χ2v) is 6.86. The first-order chi connectivity index (χ1) is 12.1. The molecule has 0 bridgehead atoms. The first kappa shape index (κ1) is 19.4. The lowest BCUT2D eigenvalue weighted by Crippen LogP contribution is -2.45. The summed E-state index contributed by atoms with van der Waals surface area (Å²) in [6, 6.07) is 5.66. The normalized spacial score (nSPS) is 11.3. The van der Waals surface area contributed by atoms with Crippen molar-refractivity contribution in [3.8, 4) is 5.69 Å². The maximum absolute atomic E-state index is 14.4. The highest BCUT2D eigenvalue weighted by molar-refractivity contribution is 5.89. The van der Waals surface area contributed by atoms with E-state index in [2.05, 4.69) is 15.7 Å². The second kappa shape index (κ2) is 7.55. The number of urea groups is 1. The SMILES string of the molecule is Cc1cc(C)n(-c2ccc(NC(=O)NC(C)(C)CCC(=O)O)cc2F)n1. The van der Waals surface area contributed by atoms with E-state index < -0.39 is 23.4 Å². The molecule has 2 rings (SSSR count). The van der Waals surface area contributed by atoms with Gasteiger partial charge in [0, 0.05) is 23.3 Å². The molecule has 0 aliphatic rings. The van der Waals surface area contributed by atoms with Gasteiger partial charge in [0.2, 0.25) is 0 Å². The number of carboxylic acids is 1. The van der Waals surface area contributed by atoms with E-state index in [1.54, 1.807) is 26.0 Å². The molecule has 0 saturated heterocycles. The number of nitrogens with zero attached hydrogens (tertiary/aromatic N) is 2. The van der Waals surface area contributed by atoms with Crippen molar-refractivity contribution in [2.75, 3.05) is 5.32 Å². The summed E-state index contributed by atoms with van der Waals surface area (Å²) in [4.78, 5) is 22.7. The number of carbonyl (C=O) groups excluding carboxylic acids is 1. The van der Waals surface area contributed by atoms with Crippen molar-refractivity contribution >= 4 is 17.7 Å². The number of hydrogen-bond acceptors (Lipinski definition) is 3. The summed E-state index contributed by atoms with van der Waals surface area (Å²) in [5.41, 5.74) is 1.47. The minimum absolute atomic E-state index is 0.0563. The highest BCUT2D eigenvalue weighted by Crippen LogP contribution is 2.20. The predicted molar refractivity (Wildman–Crippen MR) is 96.1 cm³/mol. The van der Waals surface area contributed by atoms with Gasteiger partial charge in [0.05, 0.1) is 5.69 Å². The van der Waals surface area contributed by atoms with Crippen molar-refractivity contribution in [1.29, 1.82) is 0 Å². The van der Waals surface area contributed by atoms with Crippen molar-refractivity contribution in [1.82, 2.24) is 15.1 Å². The molecule has 0 aliphatic heterocycles. The van der Waals surface area contributed by atoms with Crippen LogP contribution in [0.1, 0.15) is 38.1 Å². The Bertz CT molecular complexity index is 830. The van der Waals surface area contributed by atoms with E-state index in [0.717, 1.165) is 11.4 Å². The van der Waals surface area contributed by atoms with Crippen molar-refractivity contribution in [3.63, 3.8) is 0 Å². The van der Waals surface area contributed by atoms with Gasteiger partial charge < -0.3 is 15.7 Å². The number of aryl methyl sites for hydroxylation is 2. The minimum Gasteiger partial charge on any atom is -0.481 e. The van der Waals surface area contributed by atoms with Crippen LogP contribution in [0.2, 0.25) is 0 Å². The van der Waals surface area contributed by atoms with Crippen molar-refractivity contribution in [2.24, 2.45) is 0 Å². The van der Waals surface area contributed by atoms with Crippen LogP contribution in [0.5, 0.6) is 0 Å². The van der Waals surface area contributed by atoms with E-state index in [1.165, 1.54) is 10.7 Å². The van der Waals surface area contributed by atoms with E-state index in [-0.39, 0.29) is 12.8 Å².